The Morgan fingerprint density at radius 3 is 2.52 bits per heavy atom. The molecule has 0 aliphatic heterocycles. The molecule has 21 heavy (non-hydrogen) atoms. The van der Waals surface area contributed by atoms with Crippen molar-refractivity contribution in [2.75, 3.05) is 6.54 Å². The van der Waals surface area contributed by atoms with Crippen LogP contribution in [0, 0.1) is 5.92 Å². The second kappa shape index (κ2) is 6.20. The average molecular weight is 347 g/mol. The molecule has 116 valence electrons. The first-order valence-corrected chi connectivity index (χ1v) is 9.07. The van der Waals surface area contributed by atoms with Gasteiger partial charge in [-0.1, -0.05) is 29.9 Å². The lowest BCUT2D eigenvalue weighted by Crippen LogP contribution is -2.38. The number of hydrogen-bond acceptors (Lipinski definition) is 3. The van der Waals surface area contributed by atoms with Gasteiger partial charge in [0.25, 0.3) is 0 Å². The molecule has 1 aromatic rings. The zero-order valence-corrected chi connectivity index (χ0v) is 14.4. The predicted octanol–water partition coefficient (Wildman–Crippen LogP) is 2.78. The van der Waals surface area contributed by atoms with E-state index in [9.17, 15) is 8.42 Å². The van der Waals surface area contributed by atoms with Crippen molar-refractivity contribution in [1.82, 2.24) is 4.31 Å². The Balaban J connectivity index is 2.39. The van der Waals surface area contributed by atoms with Crippen molar-refractivity contribution in [3.63, 3.8) is 0 Å². The molecule has 2 N–H and O–H groups in total. The summed E-state index contributed by atoms with van der Waals surface area (Å²) in [6.45, 7) is 4.29. The monoisotopic (exact) mass is 346 g/mol. The van der Waals surface area contributed by atoms with Gasteiger partial charge in [-0.05, 0) is 44.7 Å². The summed E-state index contributed by atoms with van der Waals surface area (Å²) in [7, 11) is -3.61. The molecule has 0 amide bonds. The topological polar surface area (TPSA) is 63.4 Å². The first-order chi connectivity index (χ1) is 9.73. The summed E-state index contributed by atoms with van der Waals surface area (Å²) in [5.41, 5.74) is 6.10. The van der Waals surface area contributed by atoms with E-state index >= 15 is 0 Å². The SMILES string of the molecule is CC(C)N(CC1CC1)S(=O)(=O)c1ccc(C(N)=S)cc1Cl. The molecule has 0 radical (unpaired) electrons. The molecule has 1 fully saturated rings. The van der Waals surface area contributed by atoms with Crippen molar-refractivity contribution < 1.29 is 8.42 Å². The molecule has 1 aliphatic carbocycles. The molecule has 0 bridgehead atoms. The maximum absolute atomic E-state index is 12.8. The molecule has 0 aromatic heterocycles. The van der Waals surface area contributed by atoms with Gasteiger partial charge < -0.3 is 5.73 Å². The van der Waals surface area contributed by atoms with Crippen molar-refractivity contribution in [3.8, 4) is 0 Å². The molecule has 0 saturated heterocycles. The van der Waals surface area contributed by atoms with Gasteiger partial charge in [-0.25, -0.2) is 8.42 Å². The largest absolute Gasteiger partial charge is 0.389 e. The van der Waals surface area contributed by atoms with Crippen LogP contribution in [0.1, 0.15) is 32.3 Å². The van der Waals surface area contributed by atoms with Gasteiger partial charge in [-0.15, -0.1) is 0 Å². The van der Waals surface area contributed by atoms with Gasteiger partial charge in [-0.3, -0.25) is 0 Å². The number of nitrogens with two attached hydrogens (primary N) is 1. The third-order valence-electron chi connectivity index (χ3n) is 3.51. The summed E-state index contributed by atoms with van der Waals surface area (Å²) < 4.78 is 27.2. The molecule has 1 aromatic carbocycles. The zero-order valence-electron chi connectivity index (χ0n) is 12.0. The van der Waals surface area contributed by atoms with Crippen LogP contribution in [0.15, 0.2) is 23.1 Å². The summed E-state index contributed by atoms with van der Waals surface area (Å²) >= 11 is 11.0. The van der Waals surface area contributed by atoms with Gasteiger partial charge >= 0.3 is 0 Å². The highest BCUT2D eigenvalue weighted by atomic mass is 35.5. The van der Waals surface area contributed by atoms with E-state index in [1.54, 1.807) is 6.07 Å². The number of nitrogens with zero attached hydrogens (tertiary/aromatic N) is 1. The highest BCUT2D eigenvalue weighted by molar-refractivity contribution is 7.89. The summed E-state index contributed by atoms with van der Waals surface area (Å²) in [4.78, 5) is 0.304. The van der Waals surface area contributed by atoms with Crippen LogP contribution in [0.4, 0.5) is 0 Å². The van der Waals surface area contributed by atoms with Crippen LogP contribution in [0.2, 0.25) is 5.02 Å². The average Bonchev–Trinajstić information content (AvgIpc) is 3.18. The number of thiocarbonyl (C=S) groups is 1. The molecule has 2 rings (SSSR count). The van der Waals surface area contributed by atoms with Crippen LogP contribution in [-0.2, 0) is 10.0 Å². The fourth-order valence-electron chi connectivity index (χ4n) is 2.13. The molecule has 0 spiro atoms. The van der Waals surface area contributed by atoms with Crippen LogP contribution in [-0.4, -0.2) is 30.3 Å². The van der Waals surface area contributed by atoms with Crippen LogP contribution in [0.3, 0.4) is 0 Å². The van der Waals surface area contributed by atoms with Crippen molar-refractivity contribution in [1.29, 1.82) is 0 Å². The Labute approximate surface area is 136 Å². The summed E-state index contributed by atoms with van der Waals surface area (Å²) in [6.07, 6.45) is 2.18. The Bertz CT molecular complexity index is 655. The van der Waals surface area contributed by atoms with Gasteiger partial charge in [0.05, 0.1) is 5.02 Å². The molecule has 0 heterocycles. The molecule has 1 saturated carbocycles. The number of benzene rings is 1. The minimum atomic E-state index is -3.61. The maximum atomic E-state index is 12.8. The number of sulfonamides is 1. The van der Waals surface area contributed by atoms with Gasteiger partial charge in [0.15, 0.2) is 0 Å². The molecule has 0 unspecified atom stereocenters. The fraction of sp³-hybridized carbons (Fsp3) is 0.500. The van der Waals surface area contributed by atoms with Gasteiger partial charge in [0.2, 0.25) is 10.0 Å². The quantitative estimate of drug-likeness (QED) is 0.804. The van der Waals surface area contributed by atoms with E-state index in [0.717, 1.165) is 12.8 Å². The van der Waals surface area contributed by atoms with E-state index in [0.29, 0.717) is 18.0 Å². The lowest BCUT2D eigenvalue weighted by Gasteiger charge is -2.26. The van der Waals surface area contributed by atoms with Crippen molar-refractivity contribution in [2.24, 2.45) is 11.7 Å². The van der Waals surface area contributed by atoms with E-state index in [4.69, 9.17) is 29.6 Å². The molecule has 1 aliphatic rings. The molecule has 7 heteroatoms. The van der Waals surface area contributed by atoms with Gasteiger partial charge in [0, 0.05) is 18.2 Å². The highest BCUT2D eigenvalue weighted by Gasteiger charge is 2.34. The van der Waals surface area contributed by atoms with Crippen molar-refractivity contribution in [2.45, 2.75) is 37.6 Å². The summed E-state index contributed by atoms with van der Waals surface area (Å²) in [6, 6.07) is 4.47. The zero-order chi connectivity index (χ0) is 15.8. The third kappa shape index (κ3) is 3.74. The minimum Gasteiger partial charge on any atom is -0.389 e. The van der Waals surface area contributed by atoms with E-state index in [-0.39, 0.29) is 20.9 Å². The standard InChI is InChI=1S/C14H19ClN2O2S2/c1-9(2)17(8-10-3-4-10)21(18,19)13-6-5-11(14(16)20)7-12(13)15/h5-7,9-10H,3-4,8H2,1-2H3,(H2,16,20). The number of halogens is 1. The lowest BCUT2D eigenvalue weighted by molar-refractivity contribution is 0.342. The predicted molar refractivity (Wildman–Crippen MR) is 89.1 cm³/mol. The van der Waals surface area contributed by atoms with Gasteiger partial charge in [-0.2, -0.15) is 4.31 Å². The van der Waals surface area contributed by atoms with E-state index in [2.05, 4.69) is 0 Å². The number of hydrogen-bond donors (Lipinski definition) is 1. The number of rotatable bonds is 6. The van der Waals surface area contributed by atoms with E-state index < -0.39 is 10.0 Å². The maximum Gasteiger partial charge on any atom is 0.244 e. The second-order valence-electron chi connectivity index (χ2n) is 5.62. The normalized spacial score (nSPS) is 15.7. The Morgan fingerprint density at radius 1 is 1.48 bits per heavy atom. The van der Waals surface area contributed by atoms with Crippen LogP contribution in [0.5, 0.6) is 0 Å². The summed E-state index contributed by atoms with van der Waals surface area (Å²) in [5, 5.41) is 0.154. The van der Waals surface area contributed by atoms with Crippen LogP contribution < -0.4 is 5.73 Å². The highest BCUT2D eigenvalue weighted by Crippen LogP contribution is 2.34. The summed E-state index contributed by atoms with van der Waals surface area (Å²) in [5.74, 6) is 0.469. The lowest BCUT2D eigenvalue weighted by atomic mass is 10.2. The molecular formula is C14H19ClN2O2S2. The van der Waals surface area contributed by atoms with E-state index in [1.165, 1.54) is 16.4 Å². The molecular weight excluding hydrogens is 328 g/mol. The van der Waals surface area contributed by atoms with Crippen molar-refractivity contribution in [3.05, 3.63) is 28.8 Å². The molecule has 4 nitrogen and oxygen atoms in total. The third-order valence-corrected chi connectivity index (χ3v) is 6.27. The first kappa shape index (κ1) is 16.7. The second-order valence-corrected chi connectivity index (χ2v) is 8.33. The fourth-order valence-corrected chi connectivity index (χ4v) is 4.49. The Kier molecular flexibility index (Phi) is 4.92. The van der Waals surface area contributed by atoms with Crippen molar-refractivity contribution >= 4 is 38.8 Å². The van der Waals surface area contributed by atoms with E-state index in [1.807, 2.05) is 13.8 Å². The van der Waals surface area contributed by atoms with Gasteiger partial charge in [0.1, 0.15) is 9.88 Å². The van der Waals surface area contributed by atoms with Crippen LogP contribution in [0.25, 0.3) is 0 Å². The van der Waals surface area contributed by atoms with Crippen LogP contribution >= 0.6 is 23.8 Å². The molecule has 0 atom stereocenters. The smallest absolute Gasteiger partial charge is 0.244 e. The first-order valence-electron chi connectivity index (χ1n) is 6.84. The minimum absolute atomic E-state index is 0.109. The Hall–Kier alpha value is -0.690. The Morgan fingerprint density at radius 2 is 2.10 bits per heavy atom.